The Kier molecular flexibility index (Phi) is 20.4. The maximum Gasteiger partial charge on any atom is 0 e. The SMILES string of the molecule is CCOC(=O)C(C)(C)C(Nc1ccccc1)c1ccccc1OC.[C-]#[O+].[C-]#[O+].[C-]#[O+].[Cr]. The summed E-state index contributed by atoms with van der Waals surface area (Å²) in [6.45, 7) is 19.4. The summed E-state index contributed by atoms with van der Waals surface area (Å²) in [4.78, 5) is 12.6. The minimum Gasteiger partial charge on any atom is 0 e. The van der Waals surface area contributed by atoms with Crippen molar-refractivity contribution in [3.05, 3.63) is 80.1 Å². The minimum atomic E-state index is -0.777. The van der Waals surface area contributed by atoms with E-state index >= 15 is 0 Å². The van der Waals surface area contributed by atoms with Crippen molar-refractivity contribution in [1.29, 1.82) is 0 Å². The van der Waals surface area contributed by atoms with Crippen molar-refractivity contribution in [2.75, 3.05) is 19.0 Å². The molecule has 2 rings (SSSR count). The van der Waals surface area contributed by atoms with Gasteiger partial charge in [-0.05, 0) is 39.0 Å². The summed E-state index contributed by atoms with van der Waals surface area (Å²) < 4.78 is 33.3. The number of anilines is 1. The van der Waals surface area contributed by atoms with E-state index < -0.39 is 5.41 Å². The zero-order valence-electron chi connectivity index (χ0n) is 17.8. The smallest absolute Gasteiger partial charge is 0 e. The molecule has 1 unspecified atom stereocenters. The maximum absolute atomic E-state index is 12.6. The Labute approximate surface area is 194 Å². The van der Waals surface area contributed by atoms with Gasteiger partial charge in [0.15, 0.2) is 0 Å². The van der Waals surface area contributed by atoms with Gasteiger partial charge < -0.3 is 14.8 Å². The van der Waals surface area contributed by atoms with Gasteiger partial charge >= 0.3 is 39.9 Å². The van der Waals surface area contributed by atoms with E-state index in [4.69, 9.17) is 23.4 Å². The summed E-state index contributed by atoms with van der Waals surface area (Å²) in [5, 5.41) is 3.47. The molecule has 2 aromatic rings. The van der Waals surface area contributed by atoms with E-state index in [1.54, 1.807) is 7.11 Å². The topological polar surface area (TPSA) is 107 Å². The Hall–Kier alpha value is -2.74. The van der Waals surface area contributed by atoms with E-state index in [9.17, 15) is 4.79 Å². The molecule has 0 bridgehead atoms. The van der Waals surface area contributed by atoms with E-state index in [0.717, 1.165) is 17.0 Å². The molecule has 0 spiro atoms. The molecule has 0 aliphatic heterocycles. The fourth-order valence-corrected chi connectivity index (χ4v) is 2.69. The van der Waals surface area contributed by atoms with E-state index in [-0.39, 0.29) is 29.4 Å². The predicted molar refractivity (Wildman–Crippen MR) is 108 cm³/mol. The second-order valence-electron chi connectivity index (χ2n) is 6.13. The molecular formula is C23H25CrNO6. The zero-order valence-corrected chi connectivity index (χ0v) is 19.1. The van der Waals surface area contributed by atoms with Gasteiger partial charge in [-0.2, -0.15) is 0 Å². The van der Waals surface area contributed by atoms with Crippen molar-refractivity contribution in [3.8, 4) is 5.75 Å². The number of para-hydroxylation sites is 2. The number of carbonyl (C=O) groups excluding carboxylic acids is 1. The van der Waals surface area contributed by atoms with Crippen LogP contribution in [0.1, 0.15) is 32.4 Å². The van der Waals surface area contributed by atoms with Gasteiger partial charge in [-0.25, -0.2) is 0 Å². The number of benzene rings is 2. The van der Waals surface area contributed by atoms with Gasteiger partial charge in [0.25, 0.3) is 0 Å². The predicted octanol–water partition coefficient (Wildman–Crippen LogP) is 4.32. The molecule has 2 aromatic carbocycles. The van der Waals surface area contributed by atoms with Crippen molar-refractivity contribution in [2.45, 2.75) is 26.8 Å². The Morgan fingerprint density at radius 3 is 1.94 bits per heavy atom. The van der Waals surface area contributed by atoms with Crippen LogP contribution in [0, 0.1) is 25.4 Å². The molecule has 0 aromatic heterocycles. The first kappa shape index (κ1) is 32.9. The van der Waals surface area contributed by atoms with E-state index in [0.29, 0.717) is 6.61 Å². The third-order valence-corrected chi connectivity index (χ3v) is 4.06. The Morgan fingerprint density at radius 2 is 1.45 bits per heavy atom. The first-order chi connectivity index (χ1) is 14.5. The van der Waals surface area contributed by atoms with Crippen LogP contribution in [0.5, 0.6) is 5.75 Å². The van der Waals surface area contributed by atoms with Crippen LogP contribution in [0.25, 0.3) is 0 Å². The van der Waals surface area contributed by atoms with Gasteiger partial charge in [0.1, 0.15) is 5.75 Å². The van der Waals surface area contributed by atoms with Gasteiger partial charge in [-0.1, -0.05) is 36.4 Å². The van der Waals surface area contributed by atoms with E-state index in [2.05, 4.69) is 25.3 Å². The average molecular weight is 463 g/mol. The summed E-state index contributed by atoms with van der Waals surface area (Å²) in [6.07, 6.45) is 0. The van der Waals surface area contributed by atoms with Gasteiger partial charge in [0.05, 0.1) is 25.2 Å². The molecule has 1 N–H and O–H groups in total. The summed E-state index contributed by atoms with van der Waals surface area (Å²) in [5.41, 5.74) is 1.08. The van der Waals surface area contributed by atoms with Crippen molar-refractivity contribution in [1.82, 2.24) is 0 Å². The molecule has 0 radical (unpaired) electrons. The van der Waals surface area contributed by atoms with Crippen LogP contribution in [0.3, 0.4) is 0 Å². The van der Waals surface area contributed by atoms with Crippen molar-refractivity contribution >= 4 is 11.7 Å². The first-order valence-corrected chi connectivity index (χ1v) is 8.73. The number of nitrogens with one attached hydrogen (secondary N) is 1. The second-order valence-corrected chi connectivity index (χ2v) is 6.13. The van der Waals surface area contributed by atoms with Crippen molar-refractivity contribution in [2.24, 2.45) is 5.41 Å². The van der Waals surface area contributed by atoms with Crippen LogP contribution in [-0.2, 0) is 40.8 Å². The molecule has 0 aliphatic rings. The third kappa shape index (κ3) is 10.2. The number of methoxy groups -OCH3 is 1. The molecule has 1 atom stereocenters. The van der Waals surface area contributed by atoms with Crippen LogP contribution in [0.15, 0.2) is 54.6 Å². The summed E-state index contributed by atoms with van der Waals surface area (Å²) in [7, 11) is 1.63. The molecule has 0 heterocycles. The molecule has 164 valence electrons. The monoisotopic (exact) mass is 463 g/mol. The van der Waals surface area contributed by atoms with E-state index in [1.165, 1.54) is 0 Å². The molecular weight excluding hydrogens is 438 g/mol. The van der Waals surface area contributed by atoms with E-state index in [1.807, 2.05) is 75.4 Å². The standard InChI is InChI=1S/C20H25NO3.3CO.Cr/c1-5-24-19(22)20(2,3)18(21-15-11-7-6-8-12-15)16-13-9-10-14-17(16)23-4;3*1-2;/h6-14,18,21H,5H2,1-4H3;;;;. The minimum absolute atomic E-state index is 0. The average Bonchev–Trinajstić information content (AvgIpc) is 2.82. The van der Waals surface area contributed by atoms with Gasteiger partial charge in [0.2, 0.25) is 0 Å². The second kappa shape index (κ2) is 19.2. The van der Waals surface area contributed by atoms with Gasteiger partial charge in [-0.15, -0.1) is 0 Å². The van der Waals surface area contributed by atoms with Crippen LogP contribution in [-0.4, -0.2) is 19.7 Å². The number of hydrogen-bond acceptors (Lipinski definition) is 4. The quantitative estimate of drug-likeness (QED) is 0.375. The van der Waals surface area contributed by atoms with Crippen LogP contribution >= 0.6 is 0 Å². The number of ether oxygens (including phenoxy) is 2. The van der Waals surface area contributed by atoms with Gasteiger partial charge in [-0.3, -0.25) is 4.79 Å². The normalized spacial score (nSPS) is 9.74. The van der Waals surface area contributed by atoms with Crippen LogP contribution in [0.4, 0.5) is 5.69 Å². The number of rotatable bonds is 7. The molecule has 31 heavy (non-hydrogen) atoms. The molecule has 0 amide bonds. The molecule has 8 heteroatoms. The molecule has 0 saturated carbocycles. The summed E-state index contributed by atoms with van der Waals surface area (Å²) in [5.74, 6) is 0.493. The first-order valence-electron chi connectivity index (χ1n) is 8.73. The fourth-order valence-electron chi connectivity index (χ4n) is 2.69. The van der Waals surface area contributed by atoms with Crippen molar-refractivity contribution in [3.63, 3.8) is 0 Å². The molecule has 0 fully saturated rings. The fraction of sp³-hybridized carbons (Fsp3) is 0.304. The third-order valence-electron chi connectivity index (χ3n) is 4.06. The molecule has 0 saturated heterocycles. The number of carbonyl (C=O) groups is 1. The maximum atomic E-state index is 12.6. The molecule has 0 aliphatic carbocycles. The van der Waals surface area contributed by atoms with Gasteiger partial charge in [0, 0.05) is 28.6 Å². The van der Waals surface area contributed by atoms with Crippen LogP contribution < -0.4 is 10.1 Å². The van der Waals surface area contributed by atoms with Crippen molar-refractivity contribution < 1.29 is 45.6 Å². The Morgan fingerprint density at radius 1 is 0.968 bits per heavy atom. The zero-order chi connectivity index (χ0) is 23.6. The summed E-state index contributed by atoms with van der Waals surface area (Å²) >= 11 is 0. The van der Waals surface area contributed by atoms with Crippen LogP contribution in [0.2, 0.25) is 0 Å². The summed E-state index contributed by atoms with van der Waals surface area (Å²) in [6, 6.07) is 17.3. The Balaban J connectivity index is -0.00000103. The molecule has 7 nitrogen and oxygen atoms in total. The Bertz CT molecular complexity index is 788. The number of esters is 1. The largest absolute Gasteiger partial charge is 0 e. The number of hydrogen-bond donors (Lipinski definition) is 1.